The quantitative estimate of drug-likeness (QED) is 0.478. The normalized spacial score (nSPS) is 21.8. The van der Waals surface area contributed by atoms with Crippen molar-refractivity contribution in [2.45, 2.75) is 72.1 Å². The molecule has 11 nitrogen and oxygen atoms in total. The molecule has 3 rings (SSSR count). The summed E-state index contributed by atoms with van der Waals surface area (Å²) in [7, 11) is 4.01. The summed E-state index contributed by atoms with van der Waals surface area (Å²) in [5.41, 5.74) is 1.80. The lowest BCUT2D eigenvalue weighted by atomic mass is 10.0. The minimum Gasteiger partial charge on any atom is -0.490 e. The zero-order valence-corrected chi connectivity index (χ0v) is 24.8. The molecule has 4 atom stereocenters. The smallest absolute Gasteiger partial charge is 0.323 e. The Kier molecular flexibility index (Phi) is 11.4. The Hall–Kier alpha value is -3.15. The molecule has 1 aliphatic rings. The highest BCUT2D eigenvalue weighted by atomic mass is 16.5. The summed E-state index contributed by atoms with van der Waals surface area (Å²) in [4.78, 5) is 30.6. The first-order valence-electron chi connectivity index (χ1n) is 14.0. The highest BCUT2D eigenvalue weighted by Gasteiger charge is 2.30. The number of anilines is 2. The molecule has 40 heavy (non-hydrogen) atoms. The first-order chi connectivity index (χ1) is 19.0. The van der Waals surface area contributed by atoms with Gasteiger partial charge >= 0.3 is 6.03 Å². The number of aliphatic hydroxyl groups is 1. The van der Waals surface area contributed by atoms with E-state index in [2.05, 4.69) is 27.6 Å². The Morgan fingerprint density at radius 3 is 2.62 bits per heavy atom. The number of aliphatic hydroxyl groups excluding tert-OH is 1. The molecule has 0 unspecified atom stereocenters. The van der Waals surface area contributed by atoms with Crippen molar-refractivity contribution >= 4 is 23.3 Å². The van der Waals surface area contributed by atoms with E-state index in [-0.39, 0.29) is 30.6 Å². The van der Waals surface area contributed by atoms with Crippen molar-refractivity contribution in [3.63, 3.8) is 0 Å². The number of benzene rings is 1. The van der Waals surface area contributed by atoms with Crippen LogP contribution in [0.15, 0.2) is 22.7 Å². The van der Waals surface area contributed by atoms with Crippen LogP contribution >= 0.6 is 0 Å². The third-order valence-electron chi connectivity index (χ3n) is 7.13. The molecule has 0 fully saturated rings. The summed E-state index contributed by atoms with van der Waals surface area (Å²) in [6, 6.07) is 4.11. The fourth-order valence-electron chi connectivity index (χ4n) is 4.76. The maximum absolute atomic E-state index is 14.1. The molecule has 0 saturated heterocycles. The van der Waals surface area contributed by atoms with Crippen LogP contribution in [-0.4, -0.2) is 90.6 Å². The summed E-state index contributed by atoms with van der Waals surface area (Å²) in [6.45, 7) is 10.9. The molecule has 0 saturated carbocycles. The summed E-state index contributed by atoms with van der Waals surface area (Å²) in [6.07, 6.45) is 2.45. The number of carbonyl (C=O) groups excluding carboxylic acids is 2. The van der Waals surface area contributed by atoms with Gasteiger partial charge in [0.15, 0.2) is 5.76 Å². The first-order valence-corrected chi connectivity index (χ1v) is 14.0. The van der Waals surface area contributed by atoms with Crippen molar-refractivity contribution in [1.29, 1.82) is 0 Å². The second-order valence-electron chi connectivity index (χ2n) is 11.1. The predicted molar refractivity (Wildman–Crippen MR) is 154 cm³/mol. The number of hydrogen-bond acceptors (Lipinski definition) is 8. The maximum atomic E-state index is 14.1. The van der Waals surface area contributed by atoms with Gasteiger partial charge in [-0.2, -0.15) is 0 Å². The Morgan fingerprint density at radius 2 is 1.98 bits per heavy atom. The van der Waals surface area contributed by atoms with Crippen LogP contribution in [0.1, 0.15) is 61.8 Å². The minimum atomic E-state index is -0.491. The summed E-state index contributed by atoms with van der Waals surface area (Å²) in [5.74, 6) is 0.656. The van der Waals surface area contributed by atoms with E-state index in [0.29, 0.717) is 47.3 Å². The van der Waals surface area contributed by atoms with E-state index < -0.39 is 12.1 Å². The van der Waals surface area contributed by atoms with Crippen molar-refractivity contribution < 1.29 is 28.7 Å². The molecule has 0 bridgehead atoms. The average Bonchev–Trinajstić information content (AvgIpc) is 3.22. The fourth-order valence-corrected chi connectivity index (χ4v) is 4.76. The van der Waals surface area contributed by atoms with E-state index in [9.17, 15) is 14.7 Å². The molecule has 0 radical (unpaired) electrons. The number of hydrogen-bond donors (Lipinski definition) is 3. The van der Waals surface area contributed by atoms with Crippen LogP contribution in [0.2, 0.25) is 0 Å². The molecule has 222 valence electrons. The number of ether oxygens (including phenoxy) is 2. The van der Waals surface area contributed by atoms with E-state index in [1.807, 2.05) is 27.9 Å². The van der Waals surface area contributed by atoms with Gasteiger partial charge in [0.05, 0.1) is 30.4 Å². The molecule has 3 amide bonds. The molecular formula is C29H45N5O6. The molecule has 2 aromatic rings. The number of nitrogens with one attached hydrogen (secondary N) is 2. The SMILES string of the molecule is Cc1noc(C)c1NC(=O)Nc1ccc2c(c1)C(=O)N([C@H](C)CO)C[C@@H](C)[C@H](CN(C)C)OCCCC[C@H](C)O2. The van der Waals surface area contributed by atoms with Crippen LogP contribution in [0.5, 0.6) is 5.75 Å². The van der Waals surface area contributed by atoms with Crippen LogP contribution in [0.4, 0.5) is 16.2 Å². The van der Waals surface area contributed by atoms with E-state index in [0.717, 1.165) is 25.8 Å². The van der Waals surface area contributed by atoms with Gasteiger partial charge in [0.1, 0.15) is 17.1 Å². The van der Waals surface area contributed by atoms with Gasteiger partial charge in [-0.3, -0.25) is 4.79 Å². The van der Waals surface area contributed by atoms with Gasteiger partial charge in [0.2, 0.25) is 0 Å². The van der Waals surface area contributed by atoms with Crippen molar-refractivity contribution in [3.05, 3.63) is 35.2 Å². The second-order valence-corrected chi connectivity index (χ2v) is 11.1. The standard InChI is InChI=1S/C29H45N5O6/c1-18-15-34(19(2)17-35)28(36)24-14-23(30-29(37)31-27-21(4)32-40-22(27)5)11-12-25(24)39-20(3)10-8-9-13-38-26(18)16-33(6)7/h11-12,14,18-20,26,35H,8-10,13,15-17H2,1-7H3,(H2,30,31,37)/t18-,19-,20+,26+/m1/s1. The highest BCUT2D eigenvalue weighted by Crippen LogP contribution is 2.29. The van der Waals surface area contributed by atoms with E-state index in [4.69, 9.17) is 14.0 Å². The van der Waals surface area contributed by atoms with Gasteiger partial charge < -0.3 is 39.5 Å². The number of rotatable bonds is 6. The van der Waals surface area contributed by atoms with Crippen molar-refractivity contribution in [1.82, 2.24) is 15.0 Å². The third-order valence-corrected chi connectivity index (χ3v) is 7.13. The average molecular weight is 560 g/mol. The van der Waals surface area contributed by atoms with Crippen molar-refractivity contribution in [3.8, 4) is 5.75 Å². The Bertz CT molecular complexity index is 1120. The lowest BCUT2D eigenvalue weighted by Gasteiger charge is -2.35. The van der Waals surface area contributed by atoms with Gasteiger partial charge in [-0.25, -0.2) is 4.79 Å². The molecule has 0 spiro atoms. The van der Waals surface area contributed by atoms with Gasteiger partial charge in [0.25, 0.3) is 5.91 Å². The topological polar surface area (TPSA) is 129 Å². The van der Waals surface area contributed by atoms with Crippen LogP contribution in [0, 0.1) is 19.8 Å². The number of urea groups is 1. The van der Waals surface area contributed by atoms with Crippen LogP contribution < -0.4 is 15.4 Å². The summed E-state index contributed by atoms with van der Waals surface area (Å²) >= 11 is 0. The van der Waals surface area contributed by atoms with Crippen LogP contribution in [0.25, 0.3) is 0 Å². The zero-order chi connectivity index (χ0) is 29.4. The molecule has 1 aliphatic heterocycles. The third kappa shape index (κ3) is 8.42. The molecule has 1 aromatic heterocycles. The Balaban J connectivity index is 1.94. The molecule has 11 heteroatoms. The second kappa shape index (κ2) is 14.5. The highest BCUT2D eigenvalue weighted by molar-refractivity contribution is 6.03. The first kappa shape index (κ1) is 31.4. The Morgan fingerprint density at radius 1 is 1.23 bits per heavy atom. The van der Waals surface area contributed by atoms with Crippen LogP contribution in [0.3, 0.4) is 0 Å². The van der Waals surface area contributed by atoms with E-state index in [1.165, 1.54) is 0 Å². The fraction of sp³-hybridized carbons (Fsp3) is 0.621. The number of fused-ring (bicyclic) bond motifs is 1. The summed E-state index contributed by atoms with van der Waals surface area (Å²) < 4.78 is 17.6. The maximum Gasteiger partial charge on any atom is 0.323 e. The predicted octanol–water partition coefficient (Wildman–Crippen LogP) is 4.29. The zero-order valence-electron chi connectivity index (χ0n) is 24.8. The number of carbonyl (C=O) groups is 2. The molecule has 3 N–H and O–H groups in total. The number of aryl methyl sites for hydroxylation is 2. The monoisotopic (exact) mass is 559 g/mol. The van der Waals surface area contributed by atoms with Gasteiger partial charge in [0, 0.05) is 31.3 Å². The van der Waals surface area contributed by atoms with Gasteiger partial charge in [-0.15, -0.1) is 0 Å². The summed E-state index contributed by atoms with van der Waals surface area (Å²) in [5, 5.41) is 19.5. The molecular weight excluding hydrogens is 514 g/mol. The number of aromatic nitrogens is 1. The van der Waals surface area contributed by atoms with Crippen molar-refractivity contribution in [2.24, 2.45) is 5.92 Å². The lowest BCUT2D eigenvalue weighted by Crippen LogP contribution is -2.47. The van der Waals surface area contributed by atoms with Gasteiger partial charge in [-0.05, 0) is 79.3 Å². The minimum absolute atomic E-state index is 0.00807. The number of amides is 3. The molecule has 1 aromatic carbocycles. The van der Waals surface area contributed by atoms with E-state index in [1.54, 1.807) is 36.9 Å². The largest absolute Gasteiger partial charge is 0.490 e. The van der Waals surface area contributed by atoms with E-state index >= 15 is 0 Å². The number of likely N-dealkylation sites (N-methyl/N-ethyl adjacent to an activating group) is 1. The van der Waals surface area contributed by atoms with Crippen LogP contribution in [-0.2, 0) is 4.74 Å². The molecule has 2 heterocycles. The number of nitrogens with zero attached hydrogens (tertiary/aromatic N) is 3. The van der Waals surface area contributed by atoms with Gasteiger partial charge in [-0.1, -0.05) is 12.1 Å². The lowest BCUT2D eigenvalue weighted by molar-refractivity contribution is -0.0137. The van der Waals surface area contributed by atoms with Crippen molar-refractivity contribution in [2.75, 3.05) is 51.0 Å². The Labute approximate surface area is 237 Å². The molecule has 0 aliphatic carbocycles.